The molecule has 5 heteroatoms. The molecule has 1 N–H and O–H groups in total. The van der Waals surface area contributed by atoms with E-state index in [1.54, 1.807) is 11.4 Å². The van der Waals surface area contributed by atoms with Crippen molar-refractivity contribution in [1.29, 1.82) is 0 Å². The van der Waals surface area contributed by atoms with Crippen LogP contribution in [-0.4, -0.2) is 43.3 Å². The van der Waals surface area contributed by atoms with Crippen molar-refractivity contribution in [2.75, 3.05) is 26.7 Å². The molecule has 104 valence electrons. The van der Waals surface area contributed by atoms with Gasteiger partial charge in [-0.1, -0.05) is 0 Å². The van der Waals surface area contributed by atoms with Crippen LogP contribution in [0, 0.1) is 5.92 Å². The van der Waals surface area contributed by atoms with Gasteiger partial charge in [0, 0.05) is 24.0 Å². The van der Waals surface area contributed by atoms with Gasteiger partial charge in [-0.3, -0.25) is 9.59 Å². The molecule has 0 radical (unpaired) electrons. The van der Waals surface area contributed by atoms with Crippen molar-refractivity contribution in [2.24, 2.45) is 5.92 Å². The molecule has 4 nitrogen and oxygen atoms in total. The Kier molecular flexibility index (Phi) is 4.71. The lowest BCUT2D eigenvalue weighted by atomic mass is 9.98. The zero-order valence-corrected chi connectivity index (χ0v) is 12.3. The van der Waals surface area contributed by atoms with E-state index in [0.717, 1.165) is 26.1 Å². The lowest BCUT2D eigenvalue weighted by molar-refractivity contribution is 0.0679. The smallest absolute Gasteiger partial charge is 0.263 e. The number of rotatable bonds is 4. The highest BCUT2D eigenvalue weighted by molar-refractivity contribution is 7.12. The van der Waals surface area contributed by atoms with Gasteiger partial charge in [0.2, 0.25) is 0 Å². The Hall–Kier alpha value is -1.20. The Morgan fingerprint density at radius 1 is 1.53 bits per heavy atom. The lowest BCUT2D eigenvalue weighted by Crippen LogP contribution is -2.42. The van der Waals surface area contributed by atoms with Crippen LogP contribution in [0.2, 0.25) is 0 Å². The first kappa shape index (κ1) is 14.2. The number of hydrogen-bond donors (Lipinski definition) is 1. The van der Waals surface area contributed by atoms with Crippen LogP contribution < -0.4 is 5.32 Å². The molecule has 0 bridgehead atoms. The number of carbonyl (C=O) groups excluding carboxylic acids is 2. The van der Waals surface area contributed by atoms with Crippen LogP contribution in [0.15, 0.2) is 11.4 Å². The van der Waals surface area contributed by atoms with Crippen molar-refractivity contribution in [3.63, 3.8) is 0 Å². The van der Waals surface area contributed by atoms with Crippen LogP contribution in [0.1, 0.15) is 39.8 Å². The van der Waals surface area contributed by atoms with Gasteiger partial charge in [0.1, 0.15) is 0 Å². The summed E-state index contributed by atoms with van der Waals surface area (Å²) in [5.74, 6) is 0.621. The Balaban J connectivity index is 2.03. The predicted molar refractivity (Wildman–Crippen MR) is 76.9 cm³/mol. The second kappa shape index (κ2) is 6.30. The minimum atomic E-state index is 0.0157. The third-order valence-electron chi connectivity index (χ3n) is 3.52. The SMILES string of the molecule is CNCC1CCCN(C(=O)c2cc(C(C)=O)cs2)C1. The van der Waals surface area contributed by atoms with Crippen molar-refractivity contribution < 1.29 is 9.59 Å². The van der Waals surface area contributed by atoms with E-state index in [4.69, 9.17) is 0 Å². The Morgan fingerprint density at radius 3 is 2.95 bits per heavy atom. The summed E-state index contributed by atoms with van der Waals surface area (Å²) in [5, 5.41) is 4.94. The molecule has 2 heterocycles. The van der Waals surface area contributed by atoms with Crippen LogP contribution in [-0.2, 0) is 0 Å². The highest BCUT2D eigenvalue weighted by atomic mass is 32.1. The zero-order chi connectivity index (χ0) is 13.8. The van der Waals surface area contributed by atoms with E-state index in [1.165, 1.54) is 24.7 Å². The fourth-order valence-corrected chi connectivity index (χ4v) is 3.41. The van der Waals surface area contributed by atoms with Gasteiger partial charge in [-0.25, -0.2) is 0 Å². The number of nitrogens with one attached hydrogen (secondary N) is 1. The van der Waals surface area contributed by atoms with Gasteiger partial charge in [-0.15, -0.1) is 11.3 Å². The molecule has 2 rings (SSSR count). The van der Waals surface area contributed by atoms with E-state index in [0.29, 0.717) is 16.4 Å². The van der Waals surface area contributed by atoms with Gasteiger partial charge < -0.3 is 10.2 Å². The maximum absolute atomic E-state index is 12.4. The van der Waals surface area contributed by atoms with E-state index in [9.17, 15) is 9.59 Å². The first-order valence-corrected chi connectivity index (χ1v) is 7.53. The van der Waals surface area contributed by atoms with E-state index in [-0.39, 0.29) is 11.7 Å². The fraction of sp³-hybridized carbons (Fsp3) is 0.571. The first-order valence-electron chi connectivity index (χ1n) is 6.65. The molecule has 1 aromatic heterocycles. The predicted octanol–water partition coefficient (Wildman–Crippen LogP) is 2.02. The van der Waals surface area contributed by atoms with E-state index < -0.39 is 0 Å². The molecule has 1 saturated heterocycles. The number of carbonyl (C=O) groups is 2. The van der Waals surface area contributed by atoms with Crippen LogP contribution >= 0.6 is 11.3 Å². The second-order valence-corrected chi connectivity index (χ2v) is 5.98. The maximum Gasteiger partial charge on any atom is 0.263 e. The van der Waals surface area contributed by atoms with Crippen molar-refractivity contribution in [2.45, 2.75) is 19.8 Å². The van der Waals surface area contributed by atoms with Gasteiger partial charge in [0.15, 0.2) is 5.78 Å². The van der Waals surface area contributed by atoms with Crippen molar-refractivity contribution in [3.8, 4) is 0 Å². The summed E-state index contributed by atoms with van der Waals surface area (Å²) in [5.41, 5.74) is 0.636. The third-order valence-corrected chi connectivity index (χ3v) is 4.43. The minimum absolute atomic E-state index is 0.0157. The van der Waals surface area contributed by atoms with E-state index >= 15 is 0 Å². The van der Waals surface area contributed by atoms with Gasteiger partial charge in [-0.05, 0) is 45.3 Å². The standard InChI is InChI=1S/C14H20N2O2S/c1-10(17)12-6-13(19-9-12)14(18)16-5-3-4-11(8-16)7-15-2/h6,9,11,15H,3-5,7-8H2,1-2H3. The molecule has 1 fully saturated rings. The number of piperidine rings is 1. The lowest BCUT2D eigenvalue weighted by Gasteiger charge is -2.32. The summed E-state index contributed by atoms with van der Waals surface area (Å²) < 4.78 is 0. The molecule has 1 amide bonds. The normalized spacial score (nSPS) is 19.5. The molecule has 1 aliphatic heterocycles. The molecular formula is C14H20N2O2S. The average Bonchev–Trinajstić information content (AvgIpc) is 2.88. The third kappa shape index (κ3) is 3.42. The summed E-state index contributed by atoms with van der Waals surface area (Å²) in [6.45, 7) is 4.12. The topological polar surface area (TPSA) is 49.4 Å². The second-order valence-electron chi connectivity index (χ2n) is 5.07. The van der Waals surface area contributed by atoms with Gasteiger partial charge in [0.05, 0.1) is 4.88 Å². The Bertz CT molecular complexity index is 468. The monoisotopic (exact) mass is 280 g/mol. The molecule has 1 aliphatic rings. The quantitative estimate of drug-likeness (QED) is 0.859. The minimum Gasteiger partial charge on any atom is -0.338 e. The molecule has 1 atom stereocenters. The number of hydrogen-bond acceptors (Lipinski definition) is 4. The highest BCUT2D eigenvalue weighted by Gasteiger charge is 2.25. The summed E-state index contributed by atoms with van der Waals surface area (Å²) in [6.07, 6.45) is 2.23. The number of thiophene rings is 1. The molecule has 1 aromatic rings. The molecule has 0 aromatic carbocycles. The van der Waals surface area contributed by atoms with Gasteiger partial charge >= 0.3 is 0 Å². The molecular weight excluding hydrogens is 260 g/mol. The maximum atomic E-state index is 12.4. The van der Waals surface area contributed by atoms with Gasteiger partial charge in [0.25, 0.3) is 5.91 Å². The van der Waals surface area contributed by atoms with Crippen molar-refractivity contribution in [3.05, 3.63) is 21.9 Å². The average molecular weight is 280 g/mol. The van der Waals surface area contributed by atoms with Crippen LogP contribution in [0.3, 0.4) is 0 Å². The summed E-state index contributed by atoms with van der Waals surface area (Å²) in [6, 6.07) is 1.72. The molecule has 0 aliphatic carbocycles. The summed E-state index contributed by atoms with van der Waals surface area (Å²) >= 11 is 1.37. The Morgan fingerprint density at radius 2 is 2.32 bits per heavy atom. The Labute approximate surface area is 117 Å². The molecule has 19 heavy (non-hydrogen) atoms. The zero-order valence-electron chi connectivity index (χ0n) is 11.4. The van der Waals surface area contributed by atoms with Crippen molar-refractivity contribution in [1.82, 2.24) is 10.2 Å². The number of Topliss-reactive ketones (excluding diaryl/α,β-unsaturated/α-hetero) is 1. The highest BCUT2D eigenvalue weighted by Crippen LogP contribution is 2.22. The number of ketones is 1. The number of nitrogens with zero attached hydrogens (tertiary/aromatic N) is 1. The van der Waals surface area contributed by atoms with E-state index in [2.05, 4.69) is 5.32 Å². The number of likely N-dealkylation sites (tertiary alicyclic amines) is 1. The first-order chi connectivity index (χ1) is 9.11. The number of amides is 1. The van der Waals surface area contributed by atoms with Crippen LogP contribution in [0.5, 0.6) is 0 Å². The fourth-order valence-electron chi connectivity index (χ4n) is 2.49. The van der Waals surface area contributed by atoms with Crippen LogP contribution in [0.25, 0.3) is 0 Å². The summed E-state index contributed by atoms with van der Waals surface area (Å²) in [7, 11) is 1.94. The van der Waals surface area contributed by atoms with Gasteiger partial charge in [-0.2, -0.15) is 0 Å². The van der Waals surface area contributed by atoms with E-state index in [1.807, 2.05) is 11.9 Å². The van der Waals surface area contributed by atoms with Crippen molar-refractivity contribution >= 4 is 23.0 Å². The summed E-state index contributed by atoms with van der Waals surface area (Å²) in [4.78, 5) is 26.3. The molecule has 0 saturated carbocycles. The van der Waals surface area contributed by atoms with Crippen LogP contribution in [0.4, 0.5) is 0 Å². The molecule has 1 unspecified atom stereocenters. The molecule has 0 spiro atoms. The largest absolute Gasteiger partial charge is 0.338 e.